The number of H-pyrrole nitrogens is 1. The average molecular weight is 429 g/mol. The molecule has 2 aromatic rings. The summed E-state index contributed by atoms with van der Waals surface area (Å²) >= 11 is 0. The Kier molecular flexibility index (Phi) is 7.95. The Labute approximate surface area is 180 Å². The molecule has 0 bridgehead atoms. The van der Waals surface area contributed by atoms with E-state index in [-0.39, 0.29) is 23.9 Å². The van der Waals surface area contributed by atoms with Gasteiger partial charge in [0.25, 0.3) is 5.91 Å². The third-order valence-corrected chi connectivity index (χ3v) is 4.37. The molecule has 3 N–H and O–H groups in total. The van der Waals surface area contributed by atoms with Crippen molar-refractivity contribution in [2.75, 3.05) is 0 Å². The molecule has 2 rings (SSSR count). The second-order valence-corrected chi connectivity index (χ2v) is 7.28. The summed E-state index contributed by atoms with van der Waals surface area (Å²) in [5.74, 6) is -2.16. The van der Waals surface area contributed by atoms with Crippen LogP contribution in [0.1, 0.15) is 58.4 Å². The van der Waals surface area contributed by atoms with E-state index in [1.54, 1.807) is 27.7 Å². The number of imide groups is 1. The molecule has 0 aliphatic heterocycles. The Bertz CT molecular complexity index is 965. The van der Waals surface area contributed by atoms with Crippen molar-refractivity contribution in [3.05, 3.63) is 58.4 Å². The van der Waals surface area contributed by atoms with Crippen molar-refractivity contribution in [3.63, 3.8) is 0 Å². The lowest BCUT2D eigenvalue weighted by Gasteiger charge is -2.13. The van der Waals surface area contributed by atoms with Crippen LogP contribution in [0.5, 0.6) is 0 Å². The first-order valence-electron chi connectivity index (χ1n) is 9.83. The predicted molar refractivity (Wildman–Crippen MR) is 113 cm³/mol. The summed E-state index contributed by atoms with van der Waals surface area (Å²) in [7, 11) is 0. The van der Waals surface area contributed by atoms with Crippen molar-refractivity contribution in [2.45, 2.75) is 53.4 Å². The van der Waals surface area contributed by atoms with Crippen LogP contribution in [0, 0.1) is 13.8 Å². The first-order valence-corrected chi connectivity index (χ1v) is 9.83. The topological polar surface area (TPSA) is 127 Å². The molecule has 1 heterocycles. The Balaban J connectivity index is 1.94. The quantitative estimate of drug-likeness (QED) is 0.581. The maximum atomic E-state index is 12.5. The number of esters is 2. The molecule has 166 valence electrons. The van der Waals surface area contributed by atoms with Crippen molar-refractivity contribution in [2.24, 2.45) is 0 Å². The fourth-order valence-corrected chi connectivity index (χ4v) is 2.84. The standard InChI is InChI=1S/C22H27N3O6/c1-12(2)30-20(27)17-13(3)18(24-14(17)4)21(28)31-15(5)19(26)25-22(29)23-11-16-9-7-6-8-10-16/h6-10,12,15,24H,11H2,1-5H3,(H2,23,25,26,29). The van der Waals surface area contributed by atoms with Gasteiger partial charge in [0.15, 0.2) is 6.10 Å². The van der Waals surface area contributed by atoms with E-state index in [0.29, 0.717) is 11.3 Å². The third-order valence-electron chi connectivity index (χ3n) is 4.37. The third kappa shape index (κ3) is 6.43. The van der Waals surface area contributed by atoms with Crippen LogP contribution < -0.4 is 10.6 Å². The molecule has 0 aliphatic carbocycles. The highest BCUT2D eigenvalue weighted by molar-refractivity contribution is 6.00. The Hall–Kier alpha value is -3.62. The van der Waals surface area contributed by atoms with Crippen LogP contribution >= 0.6 is 0 Å². The normalized spacial score (nSPS) is 11.5. The van der Waals surface area contributed by atoms with Gasteiger partial charge in [0, 0.05) is 12.2 Å². The summed E-state index contributed by atoms with van der Waals surface area (Å²) in [6.07, 6.45) is -1.54. The van der Waals surface area contributed by atoms with Crippen molar-refractivity contribution in [3.8, 4) is 0 Å². The van der Waals surface area contributed by atoms with Gasteiger partial charge in [-0.2, -0.15) is 0 Å². The van der Waals surface area contributed by atoms with Gasteiger partial charge in [-0.1, -0.05) is 30.3 Å². The second kappa shape index (κ2) is 10.4. The Morgan fingerprint density at radius 2 is 1.61 bits per heavy atom. The number of benzene rings is 1. The number of nitrogens with one attached hydrogen (secondary N) is 3. The number of carbonyl (C=O) groups is 4. The van der Waals surface area contributed by atoms with Gasteiger partial charge in [0.1, 0.15) is 5.69 Å². The fourth-order valence-electron chi connectivity index (χ4n) is 2.84. The van der Waals surface area contributed by atoms with Gasteiger partial charge in [-0.15, -0.1) is 0 Å². The number of carbonyl (C=O) groups excluding carboxylic acids is 4. The van der Waals surface area contributed by atoms with Gasteiger partial charge >= 0.3 is 18.0 Å². The number of aromatic nitrogens is 1. The molecule has 3 amide bonds. The van der Waals surface area contributed by atoms with E-state index in [9.17, 15) is 19.2 Å². The van der Waals surface area contributed by atoms with Gasteiger partial charge in [-0.3, -0.25) is 10.1 Å². The SMILES string of the molecule is Cc1[nH]c(C(=O)OC(C)C(=O)NC(=O)NCc2ccccc2)c(C)c1C(=O)OC(C)C. The minimum atomic E-state index is -1.23. The van der Waals surface area contributed by atoms with E-state index in [1.165, 1.54) is 6.92 Å². The molecule has 1 aromatic carbocycles. The van der Waals surface area contributed by atoms with Crippen molar-refractivity contribution in [1.29, 1.82) is 0 Å². The molecular weight excluding hydrogens is 402 g/mol. The first kappa shape index (κ1) is 23.7. The minimum absolute atomic E-state index is 0.0429. The van der Waals surface area contributed by atoms with Crippen LogP contribution in [-0.2, 0) is 20.8 Å². The summed E-state index contributed by atoms with van der Waals surface area (Å²) in [6, 6.07) is 8.48. The molecule has 1 unspecified atom stereocenters. The van der Waals surface area contributed by atoms with Crippen LogP contribution in [0.3, 0.4) is 0 Å². The number of hydrogen-bond acceptors (Lipinski definition) is 6. The number of rotatable bonds is 7. The monoisotopic (exact) mass is 429 g/mol. The van der Waals surface area contributed by atoms with E-state index in [2.05, 4.69) is 15.6 Å². The number of aromatic amines is 1. The van der Waals surface area contributed by atoms with E-state index in [4.69, 9.17) is 9.47 Å². The highest BCUT2D eigenvalue weighted by Gasteiger charge is 2.27. The average Bonchev–Trinajstić information content (AvgIpc) is 3.00. The molecule has 31 heavy (non-hydrogen) atoms. The largest absolute Gasteiger partial charge is 0.459 e. The zero-order valence-electron chi connectivity index (χ0n) is 18.2. The van der Waals surface area contributed by atoms with Crippen molar-refractivity contribution >= 4 is 23.9 Å². The Morgan fingerprint density at radius 3 is 2.23 bits per heavy atom. The van der Waals surface area contributed by atoms with E-state index in [1.807, 2.05) is 30.3 Å². The molecule has 9 nitrogen and oxygen atoms in total. The zero-order valence-corrected chi connectivity index (χ0v) is 18.2. The maximum Gasteiger partial charge on any atom is 0.355 e. The molecular formula is C22H27N3O6. The van der Waals surface area contributed by atoms with Gasteiger partial charge in [0.2, 0.25) is 0 Å². The molecule has 0 aliphatic rings. The van der Waals surface area contributed by atoms with Gasteiger partial charge in [0.05, 0.1) is 11.7 Å². The van der Waals surface area contributed by atoms with Crippen LogP contribution in [0.15, 0.2) is 30.3 Å². The number of hydrogen-bond donors (Lipinski definition) is 3. The summed E-state index contributed by atoms with van der Waals surface area (Å²) in [6.45, 7) is 8.25. The highest BCUT2D eigenvalue weighted by atomic mass is 16.6. The summed E-state index contributed by atoms with van der Waals surface area (Å²) in [5, 5.41) is 4.68. The molecule has 1 aromatic heterocycles. The second-order valence-electron chi connectivity index (χ2n) is 7.28. The van der Waals surface area contributed by atoms with Gasteiger partial charge in [-0.25, -0.2) is 14.4 Å². The number of aryl methyl sites for hydroxylation is 1. The number of urea groups is 1. The Morgan fingerprint density at radius 1 is 0.968 bits per heavy atom. The lowest BCUT2D eigenvalue weighted by atomic mass is 10.1. The smallest absolute Gasteiger partial charge is 0.355 e. The van der Waals surface area contributed by atoms with Crippen LogP contribution in [-0.4, -0.2) is 41.1 Å². The van der Waals surface area contributed by atoms with Gasteiger partial charge in [-0.05, 0) is 45.7 Å². The minimum Gasteiger partial charge on any atom is -0.459 e. The zero-order chi connectivity index (χ0) is 23.1. The van der Waals surface area contributed by atoms with Gasteiger partial charge < -0.3 is 19.8 Å². The predicted octanol–water partition coefficient (Wildman–Crippen LogP) is 2.77. The summed E-state index contributed by atoms with van der Waals surface area (Å²) < 4.78 is 10.3. The molecule has 0 saturated carbocycles. The lowest BCUT2D eigenvalue weighted by molar-refractivity contribution is -0.127. The molecule has 0 spiro atoms. The molecule has 9 heteroatoms. The molecule has 0 fully saturated rings. The summed E-state index contributed by atoms with van der Waals surface area (Å²) in [5.41, 5.74) is 1.97. The number of ether oxygens (including phenoxy) is 2. The lowest BCUT2D eigenvalue weighted by Crippen LogP contribution is -2.44. The van der Waals surface area contributed by atoms with E-state index in [0.717, 1.165) is 5.56 Å². The maximum absolute atomic E-state index is 12.5. The van der Waals surface area contributed by atoms with E-state index < -0.39 is 30.0 Å². The summed E-state index contributed by atoms with van der Waals surface area (Å²) in [4.78, 5) is 51.6. The van der Waals surface area contributed by atoms with Crippen LogP contribution in [0.4, 0.5) is 4.79 Å². The highest BCUT2D eigenvalue weighted by Crippen LogP contribution is 2.20. The van der Waals surface area contributed by atoms with Crippen molar-refractivity contribution in [1.82, 2.24) is 15.6 Å². The van der Waals surface area contributed by atoms with Crippen LogP contribution in [0.2, 0.25) is 0 Å². The van der Waals surface area contributed by atoms with Crippen LogP contribution in [0.25, 0.3) is 0 Å². The van der Waals surface area contributed by atoms with Crippen molar-refractivity contribution < 1.29 is 28.7 Å². The number of amides is 3. The van der Waals surface area contributed by atoms with E-state index >= 15 is 0 Å². The molecule has 0 saturated heterocycles. The molecule has 1 atom stereocenters. The molecule has 0 radical (unpaired) electrons. The fraction of sp³-hybridized carbons (Fsp3) is 0.364. The first-order chi connectivity index (χ1) is 14.6.